The molecule has 1 saturated heterocycles. The van der Waals surface area contributed by atoms with E-state index in [1.165, 1.54) is 11.3 Å². The van der Waals surface area contributed by atoms with E-state index in [1.807, 2.05) is 42.6 Å². The molecule has 1 aliphatic heterocycles. The van der Waals surface area contributed by atoms with Gasteiger partial charge in [0.05, 0.1) is 18.7 Å². The molecule has 2 heterocycles. The van der Waals surface area contributed by atoms with E-state index in [9.17, 15) is 14.7 Å². The molecule has 166 valence electrons. The van der Waals surface area contributed by atoms with Crippen molar-refractivity contribution in [1.29, 1.82) is 0 Å². The third-order valence-corrected chi connectivity index (χ3v) is 6.35. The molecule has 2 aromatic rings. The summed E-state index contributed by atoms with van der Waals surface area (Å²) < 4.78 is 5.49. The molecule has 0 spiro atoms. The van der Waals surface area contributed by atoms with Gasteiger partial charge in [-0.15, -0.1) is 11.3 Å². The van der Waals surface area contributed by atoms with Gasteiger partial charge in [0.15, 0.2) is 0 Å². The van der Waals surface area contributed by atoms with Crippen LogP contribution in [0.1, 0.15) is 42.8 Å². The van der Waals surface area contributed by atoms with E-state index in [1.54, 1.807) is 24.1 Å². The molecule has 6 nitrogen and oxygen atoms in total. The number of amides is 1. The first-order valence-electron chi connectivity index (χ1n) is 10.2. The highest BCUT2D eigenvalue weighted by atomic mass is 32.1. The number of likely N-dealkylation sites (N-methyl/N-ethyl adjacent to an activating group) is 1. The average Bonchev–Trinajstić information content (AvgIpc) is 3.32. The highest BCUT2D eigenvalue weighted by Gasteiger charge is 2.46. The summed E-state index contributed by atoms with van der Waals surface area (Å²) in [5.74, 6) is -0.670. The Morgan fingerprint density at radius 1 is 1.23 bits per heavy atom. The van der Waals surface area contributed by atoms with Crippen molar-refractivity contribution in [3.8, 4) is 5.75 Å². The summed E-state index contributed by atoms with van der Waals surface area (Å²) in [5, 5.41) is 13.2. The van der Waals surface area contributed by atoms with Gasteiger partial charge < -0.3 is 19.6 Å². The number of thiophene rings is 1. The summed E-state index contributed by atoms with van der Waals surface area (Å²) in [4.78, 5) is 30.3. The maximum absolute atomic E-state index is 13.0. The van der Waals surface area contributed by atoms with Crippen LogP contribution in [0.15, 0.2) is 41.3 Å². The number of methoxy groups -OCH3 is 1. The number of hydrogen-bond donors (Lipinski definition) is 1. The third kappa shape index (κ3) is 4.52. The van der Waals surface area contributed by atoms with Crippen LogP contribution < -0.4 is 4.74 Å². The number of hydrogen-bond acceptors (Lipinski definition) is 6. The monoisotopic (exact) mass is 442 g/mol. The standard InChI is InChI=1S/C24H30N2O4S/c1-24(2,3)16-14-15(9-10-17(16)30-6)21(27)19-20(18-8-7-13-31-18)26(12-11-25(4)5)23(29)22(19)28/h7-10,13-14,20,27H,11-12H2,1-6H3/b21-19-. The molecule has 1 atom stereocenters. The number of Topliss-reactive ketones (excluding diaryl/α,β-unsaturated/α-hetero) is 1. The molecular weight excluding hydrogens is 412 g/mol. The van der Waals surface area contributed by atoms with Crippen LogP contribution in [0.25, 0.3) is 5.76 Å². The van der Waals surface area contributed by atoms with E-state index in [2.05, 4.69) is 20.8 Å². The Kier molecular flexibility index (Phi) is 6.57. The van der Waals surface area contributed by atoms with Crippen LogP contribution in [0.3, 0.4) is 0 Å². The van der Waals surface area contributed by atoms with E-state index in [0.29, 0.717) is 24.4 Å². The first-order chi connectivity index (χ1) is 14.6. The second-order valence-electron chi connectivity index (χ2n) is 8.98. The van der Waals surface area contributed by atoms with Crippen molar-refractivity contribution in [1.82, 2.24) is 9.80 Å². The topological polar surface area (TPSA) is 70.1 Å². The largest absolute Gasteiger partial charge is 0.507 e. The lowest BCUT2D eigenvalue weighted by Gasteiger charge is -2.26. The molecule has 3 rings (SSSR count). The number of carbonyl (C=O) groups is 2. The molecule has 1 aromatic heterocycles. The number of carbonyl (C=O) groups excluding carboxylic acids is 2. The maximum atomic E-state index is 13.0. The molecule has 0 aliphatic carbocycles. The predicted molar refractivity (Wildman–Crippen MR) is 124 cm³/mol. The van der Waals surface area contributed by atoms with Crippen LogP contribution in [0.2, 0.25) is 0 Å². The minimum absolute atomic E-state index is 0.135. The van der Waals surface area contributed by atoms with Crippen molar-refractivity contribution in [2.24, 2.45) is 0 Å². The van der Waals surface area contributed by atoms with E-state index >= 15 is 0 Å². The number of likely N-dealkylation sites (tertiary alicyclic amines) is 1. The van der Waals surface area contributed by atoms with Crippen LogP contribution >= 0.6 is 11.3 Å². The number of ketones is 1. The minimum Gasteiger partial charge on any atom is -0.507 e. The quantitative estimate of drug-likeness (QED) is 0.415. The lowest BCUT2D eigenvalue weighted by molar-refractivity contribution is -0.140. The van der Waals surface area contributed by atoms with Crippen molar-refractivity contribution in [3.05, 3.63) is 57.3 Å². The van der Waals surface area contributed by atoms with E-state index in [0.717, 1.165) is 10.4 Å². The SMILES string of the molecule is COc1ccc(/C(O)=C2/C(=O)C(=O)N(CCN(C)C)C2c2cccs2)cc1C(C)(C)C. The Bertz CT molecular complexity index is 1000. The number of aliphatic hydroxyl groups excluding tert-OH is 1. The van der Waals surface area contributed by atoms with Crippen LogP contribution in [0, 0.1) is 0 Å². The van der Waals surface area contributed by atoms with Gasteiger partial charge in [0.25, 0.3) is 11.7 Å². The smallest absolute Gasteiger partial charge is 0.295 e. The van der Waals surface area contributed by atoms with Crippen LogP contribution in [0.5, 0.6) is 5.75 Å². The van der Waals surface area contributed by atoms with Crippen molar-refractivity contribution < 1.29 is 19.4 Å². The zero-order chi connectivity index (χ0) is 22.9. The van der Waals surface area contributed by atoms with E-state index in [-0.39, 0.29) is 16.7 Å². The lowest BCUT2D eigenvalue weighted by Crippen LogP contribution is -2.35. The first-order valence-corrected chi connectivity index (χ1v) is 11.1. The molecule has 0 saturated carbocycles. The Hall–Kier alpha value is -2.64. The summed E-state index contributed by atoms with van der Waals surface area (Å²) >= 11 is 1.47. The molecule has 1 fully saturated rings. The van der Waals surface area contributed by atoms with Gasteiger partial charge in [0, 0.05) is 29.1 Å². The molecule has 0 radical (unpaired) electrons. The Labute approximate surface area is 187 Å². The minimum atomic E-state index is -0.650. The Morgan fingerprint density at radius 2 is 1.94 bits per heavy atom. The summed E-state index contributed by atoms with van der Waals surface area (Å²) in [6.07, 6.45) is 0. The number of rotatable bonds is 6. The zero-order valence-electron chi connectivity index (χ0n) is 18.9. The molecular formula is C24H30N2O4S. The average molecular weight is 443 g/mol. The van der Waals surface area contributed by atoms with Crippen molar-refractivity contribution >= 4 is 28.8 Å². The molecule has 1 N–H and O–H groups in total. The number of nitrogens with zero attached hydrogens (tertiary/aromatic N) is 2. The number of ether oxygens (including phenoxy) is 1. The molecule has 1 aliphatic rings. The molecule has 1 aromatic carbocycles. The van der Waals surface area contributed by atoms with Gasteiger partial charge in [0.1, 0.15) is 11.5 Å². The Balaban J connectivity index is 2.16. The molecule has 7 heteroatoms. The van der Waals surface area contributed by atoms with Gasteiger partial charge in [-0.3, -0.25) is 9.59 Å². The van der Waals surface area contributed by atoms with Crippen molar-refractivity contribution in [2.75, 3.05) is 34.3 Å². The summed E-state index contributed by atoms with van der Waals surface area (Å²) in [5.41, 5.74) is 1.31. The van der Waals surface area contributed by atoms with Crippen LogP contribution in [-0.4, -0.2) is 60.9 Å². The van der Waals surface area contributed by atoms with Gasteiger partial charge in [-0.1, -0.05) is 26.8 Å². The highest BCUT2D eigenvalue weighted by Crippen LogP contribution is 2.42. The summed E-state index contributed by atoms with van der Waals surface area (Å²) in [6, 6.07) is 8.54. The summed E-state index contributed by atoms with van der Waals surface area (Å²) in [7, 11) is 5.45. The summed E-state index contributed by atoms with van der Waals surface area (Å²) in [6.45, 7) is 7.18. The normalized spacial score (nSPS) is 18.8. The molecule has 31 heavy (non-hydrogen) atoms. The van der Waals surface area contributed by atoms with E-state index in [4.69, 9.17) is 4.74 Å². The fourth-order valence-electron chi connectivity index (χ4n) is 3.76. The van der Waals surface area contributed by atoms with Gasteiger partial charge >= 0.3 is 0 Å². The lowest BCUT2D eigenvalue weighted by atomic mass is 9.84. The van der Waals surface area contributed by atoms with Crippen molar-refractivity contribution in [2.45, 2.75) is 32.2 Å². The number of aliphatic hydroxyl groups is 1. The van der Waals surface area contributed by atoms with Crippen LogP contribution in [-0.2, 0) is 15.0 Å². The van der Waals surface area contributed by atoms with Crippen molar-refractivity contribution in [3.63, 3.8) is 0 Å². The zero-order valence-corrected chi connectivity index (χ0v) is 19.7. The second-order valence-corrected chi connectivity index (χ2v) is 9.96. The first kappa shape index (κ1) is 23.0. The third-order valence-electron chi connectivity index (χ3n) is 5.42. The molecule has 1 unspecified atom stereocenters. The predicted octanol–water partition coefficient (Wildman–Crippen LogP) is 4.04. The van der Waals surface area contributed by atoms with Crippen LogP contribution in [0.4, 0.5) is 0 Å². The second kappa shape index (κ2) is 8.85. The maximum Gasteiger partial charge on any atom is 0.295 e. The Morgan fingerprint density at radius 3 is 2.48 bits per heavy atom. The highest BCUT2D eigenvalue weighted by molar-refractivity contribution is 7.10. The van der Waals surface area contributed by atoms with Gasteiger partial charge in [0.2, 0.25) is 0 Å². The molecule has 1 amide bonds. The molecule has 0 bridgehead atoms. The van der Waals surface area contributed by atoms with E-state index < -0.39 is 17.7 Å². The van der Waals surface area contributed by atoms with Gasteiger partial charge in [-0.05, 0) is 49.2 Å². The fraction of sp³-hybridized carbons (Fsp3) is 0.417. The number of benzene rings is 1. The van der Waals surface area contributed by atoms with Gasteiger partial charge in [-0.2, -0.15) is 0 Å². The fourth-order valence-corrected chi connectivity index (χ4v) is 4.60. The van der Waals surface area contributed by atoms with Gasteiger partial charge in [-0.25, -0.2) is 0 Å².